The molecule has 0 radical (unpaired) electrons. The molecule has 1 aliphatic rings. The monoisotopic (exact) mass is 353 g/mol. The minimum absolute atomic E-state index is 0.170. The molecule has 26 heavy (non-hydrogen) atoms. The second-order valence-electron chi connectivity index (χ2n) is 6.19. The van der Waals surface area contributed by atoms with Crippen molar-refractivity contribution in [2.45, 2.75) is 12.8 Å². The maximum Gasteiger partial charge on any atom is 0.274 e. The minimum Gasteiger partial charge on any atom is -0.476 e. The summed E-state index contributed by atoms with van der Waals surface area (Å²) in [4.78, 5) is 29.7. The van der Waals surface area contributed by atoms with Gasteiger partial charge in [0.1, 0.15) is 17.3 Å². The summed E-state index contributed by atoms with van der Waals surface area (Å²) < 4.78 is 6.85. The van der Waals surface area contributed by atoms with E-state index >= 15 is 0 Å². The van der Waals surface area contributed by atoms with Crippen molar-refractivity contribution in [3.05, 3.63) is 52.1 Å². The molecule has 3 heterocycles. The highest BCUT2D eigenvalue weighted by atomic mass is 16.5. The first-order chi connectivity index (χ1) is 12.6. The average Bonchev–Trinajstić information content (AvgIpc) is 2.68. The molecule has 1 fully saturated rings. The molecule has 1 aliphatic heterocycles. The fourth-order valence-corrected chi connectivity index (χ4v) is 2.87. The maximum absolute atomic E-state index is 12.5. The molecular formula is C18H19N5O3. The van der Waals surface area contributed by atoms with Crippen molar-refractivity contribution in [3.8, 4) is 11.9 Å². The van der Waals surface area contributed by atoms with E-state index in [9.17, 15) is 9.59 Å². The number of nitriles is 1. The molecule has 0 unspecified atom stereocenters. The highest BCUT2D eigenvalue weighted by Crippen LogP contribution is 2.21. The smallest absolute Gasteiger partial charge is 0.274 e. The Morgan fingerprint density at radius 2 is 2.12 bits per heavy atom. The van der Waals surface area contributed by atoms with Gasteiger partial charge in [0.15, 0.2) is 0 Å². The van der Waals surface area contributed by atoms with Gasteiger partial charge in [-0.2, -0.15) is 10.4 Å². The highest BCUT2D eigenvalue weighted by molar-refractivity contribution is 5.92. The van der Waals surface area contributed by atoms with Crippen molar-refractivity contribution in [3.63, 3.8) is 0 Å². The topological polar surface area (TPSA) is 101 Å². The number of carbonyl (C=O) groups is 1. The number of aromatic nitrogens is 3. The molecule has 134 valence electrons. The molecule has 2 aromatic heterocycles. The Hall–Kier alpha value is -3.21. The van der Waals surface area contributed by atoms with Crippen LogP contribution in [-0.2, 0) is 7.05 Å². The maximum atomic E-state index is 12.5. The van der Waals surface area contributed by atoms with Crippen LogP contribution in [0.4, 0.5) is 0 Å². The van der Waals surface area contributed by atoms with Crippen LogP contribution in [0.25, 0.3) is 0 Å². The number of aryl methyl sites for hydroxylation is 1. The molecule has 1 saturated heterocycles. The molecule has 0 atom stereocenters. The van der Waals surface area contributed by atoms with Crippen molar-refractivity contribution in [1.29, 1.82) is 5.26 Å². The number of hydrogen-bond donors (Lipinski definition) is 0. The van der Waals surface area contributed by atoms with Crippen LogP contribution >= 0.6 is 0 Å². The Bertz CT molecular complexity index is 894. The number of hydrogen-bond acceptors (Lipinski definition) is 6. The lowest BCUT2D eigenvalue weighted by Crippen LogP contribution is -2.40. The summed E-state index contributed by atoms with van der Waals surface area (Å²) in [6, 6.07) is 8.24. The highest BCUT2D eigenvalue weighted by Gasteiger charge is 2.25. The zero-order chi connectivity index (χ0) is 18.5. The summed E-state index contributed by atoms with van der Waals surface area (Å²) in [7, 11) is 1.52. The summed E-state index contributed by atoms with van der Waals surface area (Å²) in [5.74, 6) is 0.472. The molecular weight excluding hydrogens is 334 g/mol. The number of nitrogens with zero attached hydrogens (tertiary/aromatic N) is 5. The summed E-state index contributed by atoms with van der Waals surface area (Å²) in [6.07, 6.45) is 3.19. The fraction of sp³-hybridized carbons (Fsp3) is 0.389. The van der Waals surface area contributed by atoms with E-state index in [4.69, 9.17) is 10.00 Å². The van der Waals surface area contributed by atoms with Gasteiger partial charge in [-0.3, -0.25) is 9.59 Å². The van der Waals surface area contributed by atoms with Crippen LogP contribution in [0.3, 0.4) is 0 Å². The first-order valence-corrected chi connectivity index (χ1v) is 8.40. The molecule has 2 aromatic rings. The van der Waals surface area contributed by atoms with Crippen LogP contribution < -0.4 is 10.3 Å². The molecule has 8 heteroatoms. The number of rotatable bonds is 4. The largest absolute Gasteiger partial charge is 0.476 e. The Morgan fingerprint density at radius 3 is 2.81 bits per heavy atom. The fourth-order valence-electron chi connectivity index (χ4n) is 2.87. The van der Waals surface area contributed by atoms with Gasteiger partial charge in [-0.25, -0.2) is 9.67 Å². The van der Waals surface area contributed by atoms with Crippen LogP contribution in [-0.4, -0.2) is 45.3 Å². The summed E-state index contributed by atoms with van der Waals surface area (Å²) >= 11 is 0. The molecule has 8 nitrogen and oxygen atoms in total. The number of pyridine rings is 1. The first-order valence-electron chi connectivity index (χ1n) is 8.40. The molecule has 0 bridgehead atoms. The lowest BCUT2D eigenvalue weighted by molar-refractivity contribution is 0.0651. The molecule has 0 spiro atoms. The Kier molecular flexibility index (Phi) is 5.27. The molecule has 0 aliphatic carbocycles. The van der Waals surface area contributed by atoms with Crippen molar-refractivity contribution in [2.75, 3.05) is 19.7 Å². The number of ether oxygens (including phenoxy) is 1. The van der Waals surface area contributed by atoms with Crippen LogP contribution in [0.1, 0.15) is 28.9 Å². The minimum atomic E-state index is -0.247. The number of likely N-dealkylation sites (tertiary alicyclic amines) is 1. The second kappa shape index (κ2) is 7.78. The van der Waals surface area contributed by atoms with Gasteiger partial charge in [0, 0.05) is 32.4 Å². The number of amides is 1. The van der Waals surface area contributed by atoms with E-state index in [0.29, 0.717) is 37.1 Å². The summed E-state index contributed by atoms with van der Waals surface area (Å²) in [5.41, 5.74) is 0.443. The average molecular weight is 353 g/mol. The van der Waals surface area contributed by atoms with Crippen LogP contribution in [0.5, 0.6) is 5.88 Å². The van der Waals surface area contributed by atoms with E-state index in [1.165, 1.54) is 19.2 Å². The quantitative estimate of drug-likeness (QED) is 0.812. The van der Waals surface area contributed by atoms with E-state index in [-0.39, 0.29) is 17.2 Å². The van der Waals surface area contributed by atoms with Crippen LogP contribution in [0.15, 0.2) is 35.3 Å². The van der Waals surface area contributed by atoms with E-state index < -0.39 is 0 Å². The summed E-state index contributed by atoms with van der Waals surface area (Å²) in [6.45, 7) is 1.67. The third-order valence-electron chi connectivity index (χ3n) is 4.43. The van der Waals surface area contributed by atoms with E-state index in [1.54, 1.807) is 23.2 Å². The molecule has 0 saturated carbocycles. The van der Waals surface area contributed by atoms with Crippen molar-refractivity contribution in [1.82, 2.24) is 19.7 Å². The van der Waals surface area contributed by atoms with Crippen molar-refractivity contribution < 1.29 is 9.53 Å². The van der Waals surface area contributed by atoms with Crippen molar-refractivity contribution >= 4 is 5.91 Å². The predicted molar refractivity (Wildman–Crippen MR) is 92.6 cm³/mol. The molecule has 3 rings (SSSR count). The van der Waals surface area contributed by atoms with Gasteiger partial charge in [-0.15, -0.1) is 0 Å². The van der Waals surface area contributed by atoms with E-state index in [2.05, 4.69) is 16.2 Å². The normalized spacial score (nSPS) is 14.7. The van der Waals surface area contributed by atoms with Gasteiger partial charge in [-0.1, -0.05) is 0 Å². The second-order valence-corrected chi connectivity index (χ2v) is 6.19. The number of carbonyl (C=O) groups excluding carboxylic acids is 1. The van der Waals surface area contributed by atoms with Crippen molar-refractivity contribution in [2.24, 2.45) is 13.0 Å². The first kappa shape index (κ1) is 17.6. The Morgan fingerprint density at radius 1 is 1.35 bits per heavy atom. The number of piperidine rings is 1. The third kappa shape index (κ3) is 3.88. The van der Waals surface area contributed by atoms with Gasteiger partial charge in [0.25, 0.3) is 11.5 Å². The lowest BCUT2D eigenvalue weighted by Gasteiger charge is -2.31. The molecule has 0 N–H and O–H groups in total. The van der Waals surface area contributed by atoms with E-state index in [1.807, 2.05) is 0 Å². The van der Waals surface area contributed by atoms with Gasteiger partial charge >= 0.3 is 0 Å². The van der Waals surface area contributed by atoms with Gasteiger partial charge in [0.2, 0.25) is 5.88 Å². The van der Waals surface area contributed by atoms with Gasteiger partial charge in [-0.05, 0) is 37.0 Å². The van der Waals surface area contributed by atoms with E-state index in [0.717, 1.165) is 17.5 Å². The van der Waals surface area contributed by atoms with Gasteiger partial charge < -0.3 is 9.64 Å². The van der Waals surface area contributed by atoms with Gasteiger partial charge in [0.05, 0.1) is 6.61 Å². The molecule has 0 aromatic carbocycles. The predicted octanol–water partition coefficient (Wildman–Crippen LogP) is 0.978. The van der Waals surface area contributed by atoms with Crippen LogP contribution in [0.2, 0.25) is 0 Å². The SMILES string of the molecule is Cn1nc(C(=O)N2CCC(COc3ncccc3C#N)CC2)ccc1=O. The Labute approximate surface area is 150 Å². The lowest BCUT2D eigenvalue weighted by atomic mass is 9.97. The summed E-state index contributed by atoms with van der Waals surface area (Å²) in [5, 5.41) is 13.1. The van der Waals surface area contributed by atoms with Crippen LogP contribution in [0, 0.1) is 17.2 Å². The Balaban J connectivity index is 1.54. The molecule has 1 amide bonds. The standard InChI is InChI=1S/C18H19N5O3/c1-22-16(24)5-4-15(21-22)18(25)23-9-6-13(7-10-23)12-26-17-14(11-19)3-2-8-20-17/h2-5,8,13H,6-7,9-10,12H2,1H3. The third-order valence-corrected chi connectivity index (χ3v) is 4.43. The zero-order valence-electron chi connectivity index (χ0n) is 14.5. The zero-order valence-corrected chi connectivity index (χ0v) is 14.5.